The van der Waals surface area contributed by atoms with Gasteiger partial charge in [0.15, 0.2) is 0 Å². The third kappa shape index (κ3) is 5.07. The Labute approximate surface area is 156 Å². The van der Waals surface area contributed by atoms with Crippen molar-refractivity contribution in [1.82, 2.24) is 15.0 Å². The van der Waals surface area contributed by atoms with Gasteiger partial charge in [0.2, 0.25) is 5.95 Å². The van der Waals surface area contributed by atoms with Gasteiger partial charge in [-0.25, -0.2) is 9.97 Å². The van der Waals surface area contributed by atoms with Crippen LogP contribution >= 0.6 is 11.6 Å². The predicted molar refractivity (Wildman–Crippen MR) is 105 cm³/mol. The quantitative estimate of drug-likeness (QED) is 0.596. The van der Waals surface area contributed by atoms with E-state index < -0.39 is 0 Å². The number of H-pyrrole nitrogens is 1. The highest BCUT2D eigenvalue weighted by Gasteiger charge is 2.10. The van der Waals surface area contributed by atoms with Gasteiger partial charge in [0.05, 0.1) is 0 Å². The van der Waals surface area contributed by atoms with Gasteiger partial charge in [-0.1, -0.05) is 35.9 Å². The van der Waals surface area contributed by atoms with Crippen molar-refractivity contribution in [2.24, 2.45) is 0 Å². The van der Waals surface area contributed by atoms with E-state index in [1.165, 1.54) is 12.3 Å². The maximum absolute atomic E-state index is 11.3. The molecule has 1 aromatic carbocycles. The summed E-state index contributed by atoms with van der Waals surface area (Å²) < 4.78 is 0. The highest BCUT2D eigenvalue weighted by Crippen LogP contribution is 2.20. The number of anilines is 2. The molecule has 26 heavy (non-hydrogen) atoms. The second-order valence-corrected chi connectivity index (χ2v) is 6.17. The molecule has 2 N–H and O–H groups in total. The summed E-state index contributed by atoms with van der Waals surface area (Å²) in [6.07, 6.45) is 4.12. The molecule has 0 saturated heterocycles. The number of benzene rings is 1. The molecule has 6 nitrogen and oxygen atoms in total. The molecule has 0 aliphatic rings. The van der Waals surface area contributed by atoms with Gasteiger partial charge >= 0.3 is 0 Å². The fourth-order valence-electron chi connectivity index (χ4n) is 2.58. The lowest BCUT2D eigenvalue weighted by atomic mass is 10.2. The van der Waals surface area contributed by atoms with E-state index >= 15 is 0 Å². The average Bonchev–Trinajstić information content (AvgIpc) is 2.66. The minimum Gasteiger partial charge on any atom is -0.356 e. The molecule has 134 valence electrons. The van der Waals surface area contributed by atoms with Crippen molar-refractivity contribution in [3.05, 3.63) is 81.9 Å². The van der Waals surface area contributed by atoms with Gasteiger partial charge in [-0.3, -0.25) is 9.78 Å². The number of hydrogen-bond acceptors (Lipinski definition) is 5. The van der Waals surface area contributed by atoms with Gasteiger partial charge in [0.25, 0.3) is 5.56 Å². The summed E-state index contributed by atoms with van der Waals surface area (Å²) in [5.41, 5.74) is 0.887. The van der Waals surface area contributed by atoms with E-state index in [-0.39, 0.29) is 5.56 Å². The van der Waals surface area contributed by atoms with Gasteiger partial charge in [-0.05, 0) is 30.2 Å². The van der Waals surface area contributed by atoms with Crippen LogP contribution in [-0.2, 0) is 6.54 Å². The number of nitrogens with one attached hydrogen (secondary N) is 2. The summed E-state index contributed by atoms with van der Waals surface area (Å²) in [6.45, 7) is 2.14. The van der Waals surface area contributed by atoms with E-state index in [0.29, 0.717) is 19.0 Å². The van der Waals surface area contributed by atoms with Gasteiger partial charge in [-0.15, -0.1) is 0 Å². The maximum Gasteiger partial charge on any atom is 0.252 e. The first-order valence-electron chi connectivity index (χ1n) is 8.41. The van der Waals surface area contributed by atoms with Crippen LogP contribution in [0.2, 0.25) is 5.02 Å². The van der Waals surface area contributed by atoms with Crippen molar-refractivity contribution in [1.29, 1.82) is 0 Å². The number of halogens is 1. The lowest BCUT2D eigenvalue weighted by molar-refractivity contribution is 0.735. The molecule has 3 aromatic rings. The Balaban J connectivity index is 1.62. The molecule has 0 unspecified atom stereocenters. The molecule has 0 bridgehead atoms. The van der Waals surface area contributed by atoms with Crippen LogP contribution in [0.25, 0.3) is 0 Å². The van der Waals surface area contributed by atoms with Gasteiger partial charge in [-0.2, -0.15) is 0 Å². The van der Waals surface area contributed by atoms with Crippen LogP contribution in [0.4, 0.5) is 11.8 Å². The van der Waals surface area contributed by atoms with Crippen LogP contribution in [0.3, 0.4) is 0 Å². The highest BCUT2D eigenvalue weighted by molar-refractivity contribution is 6.31. The second-order valence-electron chi connectivity index (χ2n) is 5.76. The monoisotopic (exact) mass is 369 g/mol. The number of aromatic amines is 1. The minimum atomic E-state index is -0.170. The van der Waals surface area contributed by atoms with Crippen LogP contribution < -0.4 is 15.8 Å². The van der Waals surface area contributed by atoms with Crippen LogP contribution in [0, 0.1) is 0 Å². The molecule has 0 amide bonds. The van der Waals surface area contributed by atoms with Gasteiger partial charge < -0.3 is 10.2 Å². The summed E-state index contributed by atoms with van der Waals surface area (Å²) in [4.78, 5) is 24.7. The van der Waals surface area contributed by atoms with E-state index in [9.17, 15) is 4.79 Å². The Bertz CT molecular complexity index is 884. The van der Waals surface area contributed by atoms with E-state index in [2.05, 4.69) is 25.2 Å². The fourth-order valence-corrected chi connectivity index (χ4v) is 2.78. The topological polar surface area (TPSA) is 73.9 Å². The van der Waals surface area contributed by atoms with Crippen LogP contribution in [-0.4, -0.2) is 28.0 Å². The van der Waals surface area contributed by atoms with Crippen LogP contribution in [0.15, 0.2) is 65.7 Å². The molecular weight excluding hydrogens is 350 g/mol. The van der Waals surface area contributed by atoms with Crippen molar-refractivity contribution in [2.45, 2.75) is 13.0 Å². The number of hydrogen-bond donors (Lipinski definition) is 2. The first kappa shape index (κ1) is 17.9. The third-order valence-corrected chi connectivity index (χ3v) is 4.23. The molecule has 0 atom stereocenters. The lowest BCUT2D eigenvalue weighted by Gasteiger charge is -2.24. The molecule has 2 heterocycles. The SMILES string of the molecule is O=c1ccnc(NCCCN(Cc2ccccc2Cl)c2ccccn2)[nH]1. The zero-order valence-electron chi connectivity index (χ0n) is 14.2. The normalized spacial score (nSPS) is 10.5. The molecule has 0 fully saturated rings. The largest absolute Gasteiger partial charge is 0.356 e. The lowest BCUT2D eigenvalue weighted by Crippen LogP contribution is -2.26. The summed E-state index contributed by atoms with van der Waals surface area (Å²) in [7, 11) is 0. The molecule has 0 radical (unpaired) electrons. The minimum absolute atomic E-state index is 0.170. The third-order valence-electron chi connectivity index (χ3n) is 3.86. The smallest absolute Gasteiger partial charge is 0.252 e. The van der Waals surface area contributed by atoms with E-state index in [0.717, 1.165) is 29.4 Å². The predicted octanol–water partition coefficient (Wildman–Crippen LogP) is 3.33. The molecule has 0 saturated carbocycles. The number of nitrogens with zero attached hydrogens (tertiary/aromatic N) is 3. The molecule has 7 heteroatoms. The van der Waals surface area contributed by atoms with Crippen LogP contribution in [0.5, 0.6) is 0 Å². The molecule has 0 spiro atoms. The van der Waals surface area contributed by atoms with Crippen LogP contribution in [0.1, 0.15) is 12.0 Å². The van der Waals surface area contributed by atoms with Crippen molar-refractivity contribution in [2.75, 3.05) is 23.3 Å². The standard InChI is InChI=1S/C19H20ClN5O/c20-16-7-2-1-6-15(16)14-25(17-8-3-4-10-21-17)13-5-11-22-19-23-12-9-18(26)24-19/h1-4,6-10,12H,5,11,13-14H2,(H2,22,23,24,26). The van der Waals surface area contributed by atoms with Crippen molar-refractivity contribution in [3.63, 3.8) is 0 Å². The zero-order valence-corrected chi connectivity index (χ0v) is 15.0. The molecule has 0 aliphatic carbocycles. The van der Waals surface area contributed by atoms with Crippen molar-refractivity contribution in [3.8, 4) is 0 Å². The average molecular weight is 370 g/mol. The molecular formula is C19H20ClN5O. The van der Waals surface area contributed by atoms with Crippen molar-refractivity contribution < 1.29 is 0 Å². The first-order valence-corrected chi connectivity index (χ1v) is 8.79. The highest BCUT2D eigenvalue weighted by atomic mass is 35.5. The Kier molecular flexibility index (Phi) is 6.22. The number of rotatable bonds is 8. The summed E-state index contributed by atoms with van der Waals surface area (Å²) in [5, 5.41) is 3.88. The molecule has 0 aliphatic heterocycles. The van der Waals surface area contributed by atoms with E-state index in [1.54, 1.807) is 6.20 Å². The zero-order chi connectivity index (χ0) is 18.2. The summed E-state index contributed by atoms with van der Waals surface area (Å²) in [6, 6.07) is 15.1. The maximum atomic E-state index is 11.3. The first-order chi connectivity index (χ1) is 12.7. The summed E-state index contributed by atoms with van der Waals surface area (Å²) in [5.74, 6) is 1.38. The fraction of sp³-hybridized carbons (Fsp3) is 0.211. The van der Waals surface area contributed by atoms with E-state index in [4.69, 9.17) is 11.6 Å². The molecule has 2 aromatic heterocycles. The summed E-state index contributed by atoms with van der Waals surface area (Å²) >= 11 is 6.31. The Morgan fingerprint density at radius 1 is 1.04 bits per heavy atom. The van der Waals surface area contributed by atoms with Gasteiger partial charge in [0, 0.05) is 43.1 Å². The molecule has 3 rings (SSSR count). The Morgan fingerprint density at radius 3 is 2.65 bits per heavy atom. The van der Waals surface area contributed by atoms with E-state index in [1.807, 2.05) is 42.5 Å². The van der Waals surface area contributed by atoms with Crippen molar-refractivity contribution >= 4 is 23.4 Å². The Morgan fingerprint density at radius 2 is 1.88 bits per heavy atom. The number of pyridine rings is 1. The number of aromatic nitrogens is 3. The Hall–Kier alpha value is -2.86. The van der Waals surface area contributed by atoms with Gasteiger partial charge in [0.1, 0.15) is 5.82 Å². The second kappa shape index (κ2) is 9.01.